The Kier molecular flexibility index (Phi) is 4.84. The first-order valence-corrected chi connectivity index (χ1v) is 6.44. The van der Waals surface area contributed by atoms with Gasteiger partial charge in [-0.15, -0.1) is 0 Å². The van der Waals surface area contributed by atoms with Crippen molar-refractivity contribution in [3.05, 3.63) is 33.9 Å². The number of alkyl halides is 1. The van der Waals surface area contributed by atoms with Crippen LogP contribution >= 0.6 is 15.9 Å². The topological polar surface area (TPSA) is 72.2 Å². The zero-order chi connectivity index (χ0) is 13.9. The maximum atomic E-state index is 11.8. The molecule has 1 atom stereocenters. The van der Waals surface area contributed by atoms with Gasteiger partial charge in [0.25, 0.3) is 5.69 Å². The SMILES string of the molecule is Cc1ccc(NC(=O)C(Br)C(C)C)c([N+](=O)[O-])c1. The van der Waals surface area contributed by atoms with Gasteiger partial charge in [0.15, 0.2) is 0 Å². The molecule has 0 aliphatic rings. The molecular formula is C12H15BrN2O3. The number of nitrogens with zero attached hydrogens (tertiary/aromatic N) is 1. The van der Waals surface area contributed by atoms with Gasteiger partial charge in [0, 0.05) is 6.07 Å². The number of hydrogen-bond acceptors (Lipinski definition) is 3. The first-order valence-electron chi connectivity index (χ1n) is 5.53. The Hall–Kier alpha value is -1.43. The first kappa shape index (κ1) is 14.6. The molecule has 18 heavy (non-hydrogen) atoms. The van der Waals surface area contributed by atoms with E-state index in [1.54, 1.807) is 19.1 Å². The Balaban J connectivity index is 2.98. The summed E-state index contributed by atoms with van der Waals surface area (Å²) in [6.45, 7) is 5.55. The van der Waals surface area contributed by atoms with Gasteiger partial charge in [-0.25, -0.2) is 0 Å². The van der Waals surface area contributed by atoms with E-state index in [0.717, 1.165) is 5.56 Å². The number of nitro benzene ring substituents is 1. The Morgan fingerprint density at radius 1 is 1.44 bits per heavy atom. The standard InChI is InChI=1S/C12H15BrN2O3/c1-7(2)11(13)12(16)14-9-5-4-8(3)6-10(9)15(17)18/h4-7,11H,1-3H3,(H,14,16). The van der Waals surface area contributed by atoms with Gasteiger partial charge in [0.1, 0.15) is 5.69 Å². The second kappa shape index (κ2) is 5.95. The number of halogens is 1. The van der Waals surface area contributed by atoms with Crippen molar-refractivity contribution in [3.8, 4) is 0 Å². The highest BCUT2D eigenvalue weighted by Crippen LogP contribution is 2.26. The highest BCUT2D eigenvalue weighted by atomic mass is 79.9. The summed E-state index contributed by atoms with van der Waals surface area (Å²) in [5, 5.41) is 13.5. The van der Waals surface area contributed by atoms with Crippen LogP contribution in [-0.2, 0) is 4.79 Å². The van der Waals surface area contributed by atoms with Gasteiger partial charge in [0.05, 0.1) is 9.75 Å². The Labute approximate surface area is 114 Å². The summed E-state index contributed by atoms with van der Waals surface area (Å²) < 4.78 is 0. The van der Waals surface area contributed by atoms with Gasteiger partial charge in [-0.05, 0) is 24.5 Å². The lowest BCUT2D eigenvalue weighted by molar-refractivity contribution is -0.384. The number of aryl methyl sites for hydroxylation is 1. The van der Waals surface area contributed by atoms with Crippen LogP contribution in [0.4, 0.5) is 11.4 Å². The smallest absolute Gasteiger partial charge is 0.293 e. The Morgan fingerprint density at radius 2 is 2.06 bits per heavy atom. The molecule has 1 rings (SSSR count). The third kappa shape index (κ3) is 3.53. The number of carbonyl (C=O) groups is 1. The third-order valence-electron chi connectivity index (χ3n) is 2.44. The lowest BCUT2D eigenvalue weighted by Gasteiger charge is -2.14. The lowest BCUT2D eigenvalue weighted by Crippen LogP contribution is -2.27. The van der Waals surface area contributed by atoms with Crippen LogP contribution in [-0.4, -0.2) is 15.7 Å². The van der Waals surface area contributed by atoms with Crippen molar-refractivity contribution in [2.24, 2.45) is 5.92 Å². The fourth-order valence-corrected chi connectivity index (χ4v) is 1.52. The average Bonchev–Trinajstić information content (AvgIpc) is 2.29. The minimum absolute atomic E-state index is 0.0909. The van der Waals surface area contributed by atoms with Crippen molar-refractivity contribution in [3.63, 3.8) is 0 Å². The molecule has 5 nitrogen and oxygen atoms in total. The van der Waals surface area contributed by atoms with E-state index in [-0.39, 0.29) is 28.0 Å². The van der Waals surface area contributed by atoms with Crippen LogP contribution in [0.3, 0.4) is 0 Å². The van der Waals surface area contributed by atoms with Gasteiger partial charge < -0.3 is 5.32 Å². The van der Waals surface area contributed by atoms with Crippen LogP contribution in [0, 0.1) is 23.0 Å². The fraction of sp³-hybridized carbons (Fsp3) is 0.417. The summed E-state index contributed by atoms with van der Waals surface area (Å²) in [7, 11) is 0. The molecule has 1 N–H and O–H groups in total. The van der Waals surface area contributed by atoms with Crippen LogP contribution in [0.2, 0.25) is 0 Å². The van der Waals surface area contributed by atoms with Crippen molar-refractivity contribution < 1.29 is 9.72 Å². The van der Waals surface area contributed by atoms with Crippen LogP contribution < -0.4 is 5.32 Å². The molecule has 0 aliphatic heterocycles. The molecule has 0 aromatic heterocycles. The van der Waals surface area contributed by atoms with E-state index in [1.807, 2.05) is 13.8 Å². The Morgan fingerprint density at radius 3 is 2.56 bits per heavy atom. The molecule has 0 radical (unpaired) electrons. The summed E-state index contributed by atoms with van der Waals surface area (Å²) in [6.07, 6.45) is 0. The monoisotopic (exact) mass is 314 g/mol. The minimum Gasteiger partial charge on any atom is -0.319 e. The van der Waals surface area contributed by atoms with Gasteiger partial charge >= 0.3 is 0 Å². The molecule has 0 saturated carbocycles. The van der Waals surface area contributed by atoms with Gasteiger partial charge in [-0.3, -0.25) is 14.9 Å². The number of carbonyl (C=O) groups excluding carboxylic acids is 1. The number of nitro groups is 1. The highest BCUT2D eigenvalue weighted by molar-refractivity contribution is 9.10. The molecule has 0 spiro atoms. The quantitative estimate of drug-likeness (QED) is 0.526. The maximum absolute atomic E-state index is 11.8. The molecule has 98 valence electrons. The van der Waals surface area contributed by atoms with Gasteiger partial charge in [-0.2, -0.15) is 0 Å². The first-order chi connectivity index (χ1) is 8.32. The molecule has 6 heteroatoms. The molecule has 0 aliphatic carbocycles. The Bertz CT molecular complexity index is 474. The molecule has 1 aromatic rings. The van der Waals surface area contributed by atoms with E-state index >= 15 is 0 Å². The summed E-state index contributed by atoms with van der Waals surface area (Å²) in [4.78, 5) is 21.9. The minimum atomic E-state index is -0.499. The molecule has 0 fully saturated rings. The molecule has 1 aromatic carbocycles. The number of nitrogens with one attached hydrogen (secondary N) is 1. The molecule has 0 heterocycles. The van der Waals surface area contributed by atoms with E-state index in [9.17, 15) is 14.9 Å². The van der Waals surface area contributed by atoms with E-state index in [0.29, 0.717) is 0 Å². The predicted octanol–water partition coefficient (Wildman–Crippen LogP) is 3.26. The van der Waals surface area contributed by atoms with Crippen LogP contribution in [0.5, 0.6) is 0 Å². The van der Waals surface area contributed by atoms with Crippen LogP contribution in [0.25, 0.3) is 0 Å². The number of anilines is 1. The van der Waals surface area contributed by atoms with Crippen molar-refractivity contribution in [2.45, 2.75) is 25.6 Å². The largest absolute Gasteiger partial charge is 0.319 e. The summed E-state index contributed by atoms with van der Waals surface area (Å²) in [6, 6.07) is 4.71. The van der Waals surface area contributed by atoms with Crippen molar-refractivity contribution >= 4 is 33.2 Å². The second-order valence-electron chi connectivity index (χ2n) is 4.41. The lowest BCUT2D eigenvalue weighted by atomic mass is 10.1. The van der Waals surface area contributed by atoms with Crippen LogP contribution in [0.1, 0.15) is 19.4 Å². The van der Waals surface area contributed by atoms with Crippen molar-refractivity contribution in [1.82, 2.24) is 0 Å². The third-order valence-corrected chi connectivity index (χ3v) is 3.92. The normalized spacial score (nSPS) is 12.3. The number of amides is 1. The van der Waals surface area contributed by atoms with Crippen LogP contribution in [0.15, 0.2) is 18.2 Å². The summed E-state index contributed by atoms with van der Waals surface area (Å²) in [5.41, 5.74) is 0.909. The zero-order valence-electron chi connectivity index (χ0n) is 10.4. The van der Waals surface area contributed by atoms with Gasteiger partial charge in [0.2, 0.25) is 5.91 Å². The highest BCUT2D eigenvalue weighted by Gasteiger charge is 2.22. The van der Waals surface area contributed by atoms with E-state index in [2.05, 4.69) is 21.2 Å². The molecule has 1 amide bonds. The number of benzene rings is 1. The number of rotatable bonds is 4. The predicted molar refractivity (Wildman–Crippen MR) is 74.0 cm³/mol. The van der Waals surface area contributed by atoms with Crippen molar-refractivity contribution in [1.29, 1.82) is 0 Å². The molecule has 0 saturated heterocycles. The maximum Gasteiger partial charge on any atom is 0.293 e. The average molecular weight is 315 g/mol. The van der Waals surface area contributed by atoms with Gasteiger partial charge in [-0.1, -0.05) is 35.8 Å². The molecule has 0 bridgehead atoms. The zero-order valence-corrected chi connectivity index (χ0v) is 12.0. The molecular weight excluding hydrogens is 300 g/mol. The summed E-state index contributed by atoms with van der Waals surface area (Å²) in [5.74, 6) is -0.175. The van der Waals surface area contributed by atoms with E-state index in [1.165, 1.54) is 6.07 Å². The molecule has 1 unspecified atom stereocenters. The number of hydrogen-bond donors (Lipinski definition) is 1. The summed E-state index contributed by atoms with van der Waals surface area (Å²) >= 11 is 3.26. The van der Waals surface area contributed by atoms with E-state index in [4.69, 9.17) is 0 Å². The van der Waals surface area contributed by atoms with E-state index < -0.39 is 4.92 Å². The second-order valence-corrected chi connectivity index (χ2v) is 5.40. The fourth-order valence-electron chi connectivity index (χ4n) is 1.40. The van der Waals surface area contributed by atoms with Crippen molar-refractivity contribution in [2.75, 3.05) is 5.32 Å².